The second-order valence-corrected chi connectivity index (χ2v) is 21.9. The summed E-state index contributed by atoms with van der Waals surface area (Å²) in [6, 6.07) is 102. The summed E-state index contributed by atoms with van der Waals surface area (Å²) in [4.78, 5) is 2.44. The summed E-state index contributed by atoms with van der Waals surface area (Å²) in [5, 5.41) is 2.48. The molecular formula is C76H56N2. The van der Waals surface area contributed by atoms with Gasteiger partial charge in [-0.25, -0.2) is 0 Å². The van der Waals surface area contributed by atoms with Crippen LogP contribution in [0.2, 0.25) is 0 Å². The molecule has 0 aliphatic heterocycles. The molecule has 0 amide bonds. The minimum absolute atomic E-state index is 0.115. The van der Waals surface area contributed by atoms with Crippen molar-refractivity contribution in [3.8, 4) is 39.1 Å². The van der Waals surface area contributed by atoms with Gasteiger partial charge < -0.3 is 9.47 Å². The molecule has 12 aromatic rings. The van der Waals surface area contributed by atoms with Crippen LogP contribution in [0.1, 0.15) is 65.1 Å². The number of para-hydroxylation sites is 3. The number of aromatic nitrogens is 1. The molecule has 1 heterocycles. The molecule has 0 fully saturated rings. The van der Waals surface area contributed by atoms with Crippen molar-refractivity contribution in [1.82, 2.24) is 4.57 Å². The molecule has 1 aromatic heterocycles. The van der Waals surface area contributed by atoms with Crippen molar-refractivity contribution < 1.29 is 0 Å². The molecule has 2 nitrogen and oxygen atoms in total. The zero-order chi connectivity index (χ0) is 52.0. The normalized spacial score (nSPS) is 15.5. The van der Waals surface area contributed by atoms with E-state index in [1.54, 1.807) is 0 Å². The van der Waals surface area contributed by atoms with E-state index < -0.39 is 5.41 Å². The number of anilines is 3. The molecule has 15 rings (SSSR count). The lowest BCUT2D eigenvalue weighted by molar-refractivity contribution is 0.660. The third kappa shape index (κ3) is 6.96. The Morgan fingerprint density at radius 3 is 1.78 bits per heavy atom. The standard InChI is InChI=1S/C76H56N2/c1-75(2)67-35-16-12-31-62(67)63-46-45-59(50-70(63)75)77(57-28-10-5-11-29-57)71-38-18-14-30-60(71)54-23-20-22-52(48-54)53-42-47-73-66(49-53)64-32-15-19-39-72(64)78(73)58-43-40-51(41-44-58)61-34-21-37-69-74(61)65-33-13-17-36-68(65)76(69,55-24-6-3-7-25-55)56-26-8-4-9-27-56/h3-33,35-50,61H,34H2,1-2H3. The van der Waals surface area contributed by atoms with E-state index in [2.05, 4.69) is 308 Å². The molecule has 370 valence electrons. The lowest BCUT2D eigenvalue weighted by Gasteiger charge is -2.36. The number of nitrogens with zero attached hydrogens (tertiary/aromatic N) is 2. The van der Waals surface area contributed by atoms with Gasteiger partial charge in [0, 0.05) is 44.7 Å². The van der Waals surface area contributed by atoms with E-state index in [0.717, 1.165) is 29.2 Å². The molecule has 1 atom stereocenters. The number of fused-ring (bicyclic) bond motifs is 8. The predicted molar refractivity (Wildman–Crippen MR) is 327 cm³/mol. The molecule has 78 heavy (non-hydrogen) atoms. The second-order valence-electron chi connectivity index (χ2n) is 21.9. The monoisotopic (exact) mass is 996 g/mol. The largest absolute Gasteiger partial charge is 0.310 e. The Morgan fingerprint density at radius 1 is 0.410 bits per heavy atom. The topological polar surface area (TPSA) is 8.17 Å². The van der Waals surface area contributed by atoms with Crippen molar-refractivity contribution in [2.24, 2.45) is 0 Å². The highest BCUT2D eigenvalue weighted by molar-refractivity contribution is 6.10. The van der Waals surface area contributed by atoms with Gasteiger partial charge in [-0.1, -0.05) is 232 Å². The van der Waals surface area contributed by atoms with Gasteiger partial charge in [-0.2, -0.15) is 0 Å². The van der Waals surface area contributed by atoms with E-state index in [-0.39, 0.29) is 11.3 Å². The summed E-state index contributed by atoms with van der Waals surface area (Å²) in [6.07, 6.45) is 5.79. The maximum atomic E-state index is 2.45. The number of benzene rings is 11. The molecule has 0 saturated heterocycles. The van der Waals surface area contributed by atoms with Crippen LogP contribution in [0.15, 0.2) is 291 Å². The van der Waals surface area contributed by atoms with Gasteiger partial charge in [-0.3, -0.25) is 0 Å². The van der Waals surface area contributed by atoms with Crippen molar-refractivity contribution in [2.45, 2.75) is 37.0 Å². The van der Waals surface area contributed by atoms with Crippen molar-refractivity contribution in [3.05, 3.63) is 330 Å². The highest BCUT2D eigenvalue weighted by Crippen LogP contribution is 2.60. The molecule has 3 aliphatic rings. The van der Waals surface area contributed by atoms with Crippen molar-refractivity contribution in [3.63, 3.8) is 0 Å². The van der Waals surface area contributed by atoms with E-state index in [9.17, 15) is 0 Å². The first kappa shape index (κ1) is 45.9. The van der Waals surface area contributed by atoms with Gasteiger partial charge in [-0.15, -0.1) is 0 Å². The maximum Gasteiger partial charge on any atom is 0.0710 e. The summed E-state index contributed by atoms with van der Waals surface area (Å²) >= 11 is 0. The lowest BCUT2D eigenvalue weighted by Crippen LogP contribution is -2.29. The first-order valence-corrected chi connectivity index (χ1v) is 27.5. The molecule has 0 N–H and O–H groups in total. The summed E-state index contributed by atoms with van der Waals surface area (Å²) in [7, 11) is 0. The number of rotatable bonds is 9. The third-order valence-electron chi connectivity index (χ3n) is 17.5. The van der Waals surface area contributed by atoms with E-state index in [1.165, 1.54) is 105 Å². The summed E-state index contributed by atoms with van der Waals surface area (Å²) in [5.74, 6) is 0.212. The third-order valence-corrected chi connectivity index (χ3v) is 17.5. The zero-order valence-corrected chi connectivity index (χ0v) is 43.8. The number of hydrogen-bond acceptors (Lipinski definition) is 1. The fraction of sp³-hybridized carbons (Fsp3) is 0.0789. The highest BCUT2D eigenvalue weighted by atomic mass is 15.1. The van der Waals surface area contributed by atoms with Gasteiger partial charge in [0.25, 0.3) is 0 Å². The summed E-state index contributed by atoms with van der Waals surface area (Å²) in [5.41, 5.74) is 26.0. The molecule has 0 bridgehead atoms. The fourth-order valence-electron chi connectivity index (χ4n) is 13.9. The van der Waals surface area contributed by atoms with E-state index in [4.69, 9.17) is 0 Å². The van der Waals surface area contributed by atoms with Crippen LogP contribution in [-0.2, 0) is 10.8 Å². The molecule has 0 spiro atoms. The van der Waals surface area contributed by atoms with Gasteiger partial charge in [0.15, 0.2) is 0 Å². The van der Waals surface area contributed by atoms with Crippen LogP contribution in [-0.4, -0.2) is 4.57 Å². The average Bonchev–Trinajstić information content (AvgIpc) is 4.31. The molecule has 0 radical (unpaired) electrons. The van der Waals surface area contributed by atoms with Crippen molar-refractivity contribution >= 4 is 44.4 Å². The van der Waals surface area contributed by atoms with Gasteiger partial charge >= 0.3 is 0 Å². The van der Waals surface area contributed by atoms with Crippen LogP contribution in [0, 0.1) is 0 Å². The predicted octanol–water partition coefficient (Wildman–Crippen LogP) is 19.7. The molecule has 0 saturated carbocycles. The molecule has 11 aromatic carbocycles. The van der Waals surface area contributed by atoms with Crippen LogP contribution in [0.25, 0.3) is 66.4 Å². The molecular weight excluding hydrogens is 941 g/mol. The SMILES string of the molecule is CC1(C)c2ccccc2-c2ccc(N(c3ccccc3)c3ccccc3-c3cccc(-c4ccc5c(c4)c4ccccc4n5-c4ccc(C5CC=CC6=C5c5ccccc5C6(c5ccccc5)c5ccccc5)cc4)c3)cc21. The van der Waals surface area contributed by atoms with Crippen LogP contribution in [0.5, 0.6) is 0 Å². The second kappa shape index (κ2) is 18.1. The smallest absolute Gasteiger partial charge is 0.0710 e. The van der Waals surface area contributed by atoms with Gasteiger partial charge in [0.1, 0.15) is 0 Å². The summed E-state index contributed by atoms with van der Waals surface area (Å²) < 4.78 is 2.45. The van der Waals surface area contributed by atoms with Crippen molar-refractivity contribution in [1.29, 1.82) is 0 Å². The van der Waals surface area contributed by atoms with E-state index in [1.807, 2.05) is 0 Å². The van der Waals surface area contributed by atoms with Crippen LogP contribution < -0.4 is 4.90 Å². The number of allylic oxidation sites excluding steroid dienone is 4. The minimum Gasteiger partial charge on any atom is -0.310 e. The first-order valence-electron chi connectivity index (χ1n) is 27.5. The van der Waals surface area contributed by atoms with Crippen LogP contribution >= 0.6 is 0 Å². The Labute approximate surface area is 457 Å². The van der Waals surface area contributed by atoms with Gasteiger partial charge in [0.2, 0.25) is 0 Å². The average molecular weight is 997 g/mol. The fourth-order valence-corrected chi connectivity index (χ4v) is 13.9. The lowest BCUT2D eigenvalue weighted by atomic mass is 9.66. The summed E-state index contributed by atoms with van der Waals surface area (Å²) in [6.45, 7) is 4.72. The van der Waals surface area contributed by atoms with Crippen molar-refractivity contribution in [2.75, 3.05) is 4.90 Å². The Balaban J connectivity index is 0.793. The molecule has 2 heteroatoms. The molecule has 1 unspecified atom stereocenters. The van der Waals surface area contributed by atoms with E-state index in [0.29, 0.717) is 0 Å². The van der Waals surface area contributed by atoms with E-state index >= 15 is 0 Å². The first-order chi connectivity index (χ1) is 38.5. The van der Waals surface area contributed by atoms with Gasteiger partial charge in [0.05, 0.1) is 22.1 Å². The van der Waals surface area contributed by atoms with Crippen LogP contribution in [0.4, 0.5) is 17.1 Å². The quantitative estimate of drug-likeness (QED) is 0.140. The maximum absolute atomic E-state index is 2.45. The number of hydrogen-bond donors (Lipinski definition) is 0. The zero-order valence-electron chi connectivity index (χ0n) is 43.8. The van der Waals surface area contributed by atoms with Gasteiger partial charge in [-0.05, 0) is 151 Å². The Kier molecular flexibility index (Phi) is 10.6. The Morgan fingerprint density at radius 2 is 1.01 bits per heavy atom. The Hall–Kier alpha value is -9.50. The minimum atomic E-state index is -0.407. The highest BCUT2D eigenvalue weighted by Gasteiger charge is 2.49. The van der Waals surface area contributed by atoms with Crippen LogP contribution in [0.3, 0.4) is 0 Å². The Bertz CT molecular complexity index is 4330. The molecule has 3 aliphatic carbocycles.